The van der Waals surface area contributed by atoms with Crippen LogP contribution >= 0.6 is 0 Å². The molecular weight excluding hydrogens is 258 g/mol. The average Bonchev–Trinajstić information content (AvgIpc) is 3.09. The minimum Gasteiger partial charge on any atom is -0.392 e. The maximum Gasteiger partial charge on any atom is 0.234 e. The number of nitrogens with zero attached hydrogens (tertiary/aromatic N) is 3. The molecule has 0 radical (unpaired) electrons. The van der Waals surface area contributed by atoms with Gasteiger partial charge >= 0.3 is 0 Å². The summed E-state index contributed by atoms with van der Waals surface area (Å²) in [7, 11) is 0. The van der Waals surface area contributed by atoms with Gasteiger partial charge in [0.2, 0.25) is 11.7 Å². The molecule has 2 heterocycles. The lowest BCUT2D eigenvalue weighted by Crippen LogP contribution is -1.87. The second-order valence-electron chi connectivity index (χ2n) is 4.48. The van der Waals surface area contributed by atoms with Gasteiger partial charge in [0.15, 0.2) is 0 Å². The Bertz CT molecular complexity index is 701. The summed E-state index contributed by atoms with van der Waals surface area (Å²) in [5.74, 6) is 1.68. The summed E-state index contributed by atoms with van der Waals surface area (Å²) in [6.07, 6.45) is 0.419. The van der Waals surface area contributed by atoms with E-state index in [0.717, 1.165) is 16.8 Å². The molecule has 20 heavy (non-hydrogen) atoms. The minimum atomic E-state index is 0.0165. The van der Waals surface area contributed by atoms with E-state index >= 15 is 0 Å². The maximum atomic E-state index is 9.00. The molecule has 0 aliphatic rings. The second kappa shape index (κ2) is 5.26. The first kappa shape index (κ1) is 12.6. The predicted molar refractivity (Wildman–Crippen MR) is 69.7 cm³/mol. The molecule has 1 N–H and O–H groups in total. The summed E-state index contributed by atoms with van der Waals surface area (Å²) in [5, 5.41) is 16.7. The molecule has 0 saturated heterocycles. The first-order valence-corrected chi connectivity index (χ1v) is 6.19. The number of aliphatic hydroxyl groups is 1. The van der Waals surface area contributed by atoms with Crippen molar-refractivity contribution in [2.75, 3.05) is 0 Å². The van der Waals surface area contributed by atoms with E-state index in [-0.39, 0.29) is 6.61 Å². The molecule has 102 valence electrons. The van der Waals surface area contributed by atoms with Crippen LogP contribution in [-0.2, 0) is 13.0 Å². The molecule has 0 saturated carbocycles. The van der Waals surface area contributed by atoms with Crippen LogP contribution in [0.25, 0.3) is 11.4 Å². The number of benzene rings is 1. The zero-order valence-corrected chi connectivity index (χ0v) is 10.9. The highest BCUT2D eigenvalue weighted by Crippen LogP contribution is 2.18. The van der Waals surface area contributed by atoms with E-state index in [9.17, 15) is 0 Å². The van der Waals surface area contributed by atoms with Crippen LogP contribution in [0.4, 0.5) is 0 Å². The number of hydrogen-bond donors (Lipinski definition) is 1. The maximum absolute atomic E-state index is 9.00. The molecule has 0 spiro atoms. The summed E-state index contributed by atoms with van der Waals surface area (Å²) in [6, 6.07) is 9.17. The third-order valence-corrected chi connectivity index (χ3v) is 2.87. The molecule has 0 unspecified atom stereocenters. The lowest BCUT2D eigenvalue weighted by molar-refractivity contribution is 0.282. The predicted octanol–water partition coefficient (Wildman–Crippen LogP) is 2.12. The van der Waals surface area contributed by atoms with Crippen molar-refractivity contribution in [3.63, 3.8) is 0 Å². The summed E-state index contributed by atoms with van der Waals surface area (Å²) in [4.78, 5) is 4.31. The van der Waals surface area contributed by atoms with E-state index in [0.29, 0.717) is 23.9 Å². The number of hydrogen-bond acceptors (Lipinski definition) is 6. The van der Waals surface area contributed by atoms with Crippen LogP contribution in [0.2, 0.25) is 0 Å². The molecule has 0 atom stereocenters. The number of rotatable bonds is 4. The molecule has 3 rings (SSSR count). The number of aryl methyl sites for hydroxylation is 1. The van der Waals surface area contributed by atoms with E-state index < -0.39 is 0 Å². The SMILES string of the molecule is Cc1cc(Cc2nc(-c3ccc(CO)cc3)no2)on1. The normalized spacial score (nSPS) is 10.9. The number of aromatic nitrogens is 3. The Morgan fingerprint density at radius 1 is 1.10 bits per heavy atom. The van der Waals surface area contributed by atoms with Gasteiger partial charge in [0.05, 0.1) is 18.7 Å². The number of aliphatic hydroxyl groups excluding tert-OH is 1. The van der Waals surface area contributed by atoms with Crippen LogP contribution in [0, 0.1) is 6.92 Å². The van der Waals surface area contributed by atoms with Crippen molar-refractivity contribution >= 4 is 0 Å². The van der Waals surface area contributed by atoms with E-state index in [2.05, 4.69) is 15.3 Å². The van der Waals surface area contributed by atoms with Crippen molar-refractivity contribution < 1.29 is 14.2 Å². The summed E-state index contributed by atoms with van der Waals surface area (Å²) >= 11 is 0. The second-order valence-corrected chi connectivity index (χ2v) is 4.48. The molecule has 3 aromatic rings. The van der Waals surface area contributed by atoms with Crippen LogP contribution in [0.5, 0.6) is 0 Å². The summed E-state index contributed by atoms with van der Waals surface area (Å²) in [5.41, 5.74) is 2.50. The van der Waals surface area contributed by atoms with E-state index in [1.807, 2.05) is 37.3 Å². The molecule has 6 nitrogen and oxygen atoms in total. The van der Waals surface area contributed by atoms with Crippen LogP contribution in [-0.4, -0.2) is 20.4 Å². The fourth-order valence-electron chi connectivity index (χ4n) is 1.85. The molecule has 2 aromatic heterocycles. The fraction of sp³-hybridized carbons (Fsp3) is 0.214. The highest BCUT2D eigenvalue weighted by atomic mass is 16.5. The highest BCUT2D eigenvalue weighted by molar-refractivity contribution is 5.54. The van der Waals surface area contributed by atoms with E-state index in [1.54, 1.807) is 0 Å². The molecule has 0 amide bonds. The zero-order valence-electron chi connectivity index (χ0n) is 10.9. The first-order valence-electron chi connectivity index (χ1n) is 6.19. The molecule has 0 aliphatic carbocycles. The van der Waals surface area contributed by atoms with Gasteiger partial charge in [-0.1, -0.05) is 34.6 Å². The van der Waals surface area contributed by atoms with Crippen LogP contribution in [0.1, 0.15) is 22.9 Å². The Morgan fingerprint density at radius 3 is 2.55 bits per heavy atom. The van der Waals surface area contributed by atoms with Crippen LogP contribution in [0.3, 0.4) is 0 Å². The average molecular weight is 271 g/mol. The van der Waals surface area contributed by atoms with Crippen molar-refractivity contribution in [2.45, 2.75) is 20.0 Å². The van der Waals surface area contributed by atoms with Gasteiger partial charge in [-0.05, 0) is 12.5 Å². The Balaban J connectivity index is 1.78. The van der Waals surface area contributed by atoms with Crippen molar-refractivity contribution in [1.29, 1.82) is 0 Å². The highest BCUT2D eigenvalue weighted by Gasteiger charge is 2.11. The lowest BCUT2D eigenvalue weighted by atomic mass is 10.1. The van der Waals surface area contributed by atoms with Crippen molar-refractivity contribution in [3.05, 3.63) is 53.2 Å². The van der Waals surface area contributed by atoms with Gasteiger partial charge in [0, 0.05) is 11.6 Å². The van der Waals surface area contributed by atoms with Gasteiger partial charge in [0.1, 0.15) is 5.76 Å². The minimum absolute atomic E-state index is 0.0165. The van der Waals surface area contributed by atoms with Gasteiger partial charge in [-0.3, -0.25) is 0 Å². The quantitative estimate of drug-likeness (QED) is 0.782. The lowest BCUT2D eigenvalue weighted by Gasteiger charge is -1.96. The molecule has 6 heteroatoms. The Morgan fingerprint density at radius 2 is 1.90 bits per heavy atom. The molecular formula is C14H13N3O3. The first-order chi connectivity index (χ1) is 9.74. The smallest absolute Gasteiger partial charge is 0.234 e. The van der Waals surface area contributed by atoms with Crippen molar-refractivity contribution in [1.82, 2.24) is 15.3 Å². The van der Waals surface area contributed by atoms with Gasteiger partial charge in [-0.25, -0.2) is 0 Å². The summed E-state index contributed by atoms with van der Waals surface area (Å²) < 4.78 is 10.3. The van der Waals surface area contributed by atoms with Gasteiger partial charge in [0.25, 0.3) is 0 Å². The third kappa shape index (κ3) is 2.60. The molecule has 0 fully saturated rings. The van der Waals surface area contributed by atoms with E-state index in [4.69, 9.17) is 14.2 Å². The Hall–Kier alpha value is -2.47. The van der Waals surface area contributed by atoms with Crippen molar-refractivity contribution in [3.8, 4) is 11.4 Å². The molecule has 0 aliphatic heterocycles. The molecule has 0 bridgehead atoms. The van der Waals surface area contributed by atoms with Gasteiger partial charge in [-0.2, -0.15) is 4.98 Å². The zero-order chi connectivity index (χ0) is 13.9. The molecule has 1 aromatic carbocycles. The van der Waals surface area contributed by atoms with Crippen molar-refractivity contribution in [2.24, 2.45) is 0 Å². The largest absolute Gasteiger partial charge is 0.392 e. The van der Waals surface area contributed by atoms with Crippen LogP contribution < -0.4 is 0 Å². The Kier molecular flexibility index (Phi) is 3.30. The fourth-order valence-corrected chi connectivity index (χ4v) is 1.85. The topological polar surface area (TPSA) is 85.2 Å². The van der Waals surface area contributed by atoms with Gasteiger partial charge in [-0.15, -0.1) is 0 Å². The van der Waals surface area contributed by atoms with E-state index in [1.165, 1.54) is 0 Å². The standard InChI is InChI=1S/C14H13N3O3/c1-9-6-12(19-16-9)7-13-15-14(17-20-13)11-4-2-10(8-18)3-5-11/h2-6,18H,7-8H2,1H3. The Labute approximate surface area is 115 Å². The third-order valence-electron chi connectivity index (χ3n) is 2.87. The van der Waals surface area contributed by atoms with Gasteiger partial charge < -0.3 is 14.2 Å². The van der Waals surface area contributed by atoms with Crippen LogP contribution in [0.15, 0.2) is 39.4 Å². The monoisotopic (exact) mass is 271 g/mol. The summed E-state index contributed by atoms with van der Waals surface area (Å²) in [6.45, 7) is 1.87.